The fourth-order valence-electron chi connectivity index (χ4n) is 1.11. The van der Waals surface area contributed by atoms with E-state index in [4.69, 9.17) is 0 Å². The van der Waals surface area contributed by atoms with E-state index < -0.39 is 0 Å². The molecule has 0 amide bonds. The molecule has 1 aromatic carbocycles. The van der Waals surface area contributed by atoms with Crippen LogP contribution in [-0.4, -0.2) is 5.78 Å². The number of rotatable bonds is 2. The van der Waals surface area contributed by atoms with Crippen molar-refractivity contribution in [1.82, 2.24) is 0 Å². The monoisotopic (exact) mass is 166 g/mol. The van der Waals surface area contributed by atoms with Gasteiger partial charge in [-0.1, -0.05) is 17.7 Å². The molecule has 64 valence electrons. The first-order chi connectivity index (χ1) is 5.59. The second kappa shape index (κ2) is 3.48. The summed E-state index contributed by atoms with van der Waals surface area (Å²) in [7, 11) is 0. The van der Waals surface area contributed by atoms with Gasteiger partial charge in [-0.3, -0.25) is 4.79 Å². The molecule has 0 atom stereocenters. The molecule has 0 saturated heterocycles. The SMILES string of the molecule is CC(=O)Cc1cc(C)ccc1F. The van der Waals surface area contributed by atoms with Crippen molar-refractivity contribution in [3.05, 3.63) is 35.1 Å². The van der Waals surface area contributed by atoms with Crippen molar-refractivity contribution >= 4 is 5.78 Å². The summed E-state index contributed by atoms with van der Waals surface area (Å²) >= 11 is 0. The highest BCUT2D eigenvalue weighted by molar-refractivity contribution is 5.78. The summed E-state index contributed by atoms with van der Waals surface area (Å²) < 4.78 is 13.0. The Kier molecular flexibility index (Phi) is 2.58. The van der Waals surface area contributed by atoms with Gasteiger partial charge in [-0.15, -0.1) is 0 Å². The lowest BCUT2D eigenvalue weighted by molar-refractivity contribution is -0.116. The summed E-state index contributed by atoms with van der Waals surface area (Å²) in [6.07, 6.45) is 0.188. The molecule has 0 spiro atoms. The molecule has 0 radical (unpaired) electrons. The van der Waals surface area contributed by atoms with Gasteiger partial charge in [0.15, 0.2) is 0 Å². The molecule has 1 nitrogen and oxygen atoms in total. The average molecular weight is 166 g/mol. The third-order valence-electron chi connectivity index (χ3n) is 1.64. The highest BCUT2D eigenvalue weighted by Gasteiger charge is 2.03. The Bertz CT molecular complexity index is 305. The molecule has 0 aliphatic carbocycles. The summed E-state index contributed by atoms with van der Waals surface area (Å²) in [5.41, 5.74) is 1.47. The van der Waals surface area contributed by atoms with Gasteiger partial charge in [0.25, 0.3) is 0 Å². The molecule has 2 heteroatoms. The molecular weight excluding hydrogens is 155 g/mol. The van der Waals surface area contributed by atoms with Crippen LogP contribution in [0.5, 0.6) is 0 Å². The zero-order valence-corrected chi connectivity index (χ0v) is 7.23. The van der Waals surface area contributed by atoms with Crippen LogP contribution in [0.3, 0.4) is 0 Å². The second-order valence-electron chi connectivity index (χ2n) is 2.97. The first-order valence-corrected chi connectivity index (χ1v) is 3.84. The molecule has 0 heterocycles. The highest BCUT2D eigenvalue weighted by Crippen LogP contribution is 2.10. The third kappa shape index (κ3) is 2.16. The Morgan fingerprint density at radius 3 is 2.75 bits per heavy atom. The molecular formula is C10H11FO. The van der Waals surface area contributed by atoms with Gasteiger partial charge in [0, 0.05) is 6.42 Å². The standard InChI is InChI=1S/C10H11FO/c1-7-3-4-10(11)9(5-7)6-8(2)12/h3-5H,6H2,1-2H3. The summed E-state index contributed by atoms with van der Waals surface area (Å²) in [6, 6.07) is 4.79. The van der Waals surface area contributed by atoms with Crippen LogP contribution in [0, 0.1) is 12.7 Å². The number of halogens is 1. The maximum Gasteiger partial charge on any atom is 0.134 e. The van der Waals surface area contributed by atoms with Gasteiger partial charge < -0.3 is 0 Å². The minimum Gasteiger partial charge on any atom is -0.300 e. The van der Waals surface area contributed by atoms with Gasteiger partial charge >= 0.3 is 0 Å². The van der Waals surface area contributed by atoms with E-state index in [9.17, 15) is 9.18 Å². The number of benzene rings is 1. The molecule has 0 aromatic heterocycles. The molecule has 0 aliphatic rings. The van der Waals surface area contributed by atoms with E-state index in [1.807, 2.05) is 6.92 Å². The van der Waals surface area contributed by atoms with Crippen LogP contribution in [0.25, 0.3) is 0 Å². The fraction of sp³-hybridized carbons (Fsp3) is 0.300. The molecule has 0 fully saturated rings. The van der Waals surface area contributed by atoms with E-state index in [0.29, 0.717) is 5.56 Å². The zero-order valence-electron chi connectivity index (χ0n) is 7.23. The van der Waals surface area contributed by atoms with Crippen LogP contribution in [0.1, 0.15) is 18.1 Å². The number of carbonyl (C=O) groups is 1. The Morgan fingerprint density at radius 1 is 1.50 bits per heavy atom. The van der Waals surface area contributed by atoms with Crippen LogP contribution in [-0.2, 0) is 11.2 Å². The van der Waals surface area contributed by atoms with E-state index >= 15 is 0 Å². The number of aryl methyl sites for hydroxylation is 1. The van der Waals surface area contributed by atoms with Crippen LogP contribution in [0.4, 0.5) is 4.39 Å². The smallest absolute Gasteiger partial charge is 0.134 e. The third-order valence-corrected chi connectivity index (χ3v) is 1.64. The maximum absolute atomic E-state index is 13.0. The first kappa shape index (κ1) is 8.91. The van der Waals surface area contributed by atoms with Crippen molar-refractivity contribution in [2.45, 2.75) is 20.3 Å². The lowest BCUT2D eigenvalue weighted by Gasteiger charge is -2.00. The van der Waals surface area contributed by atoms with E-state index in [0.717, 1.165) is 5.56 Å². The summed E-state index contributed by atoms with van der Waals surface area (Å²) in [6.45, 7) is 3.34. The molecule has 0 aliphatic heterocycles. The average Bonchev–Trinajstić information content (AvgIpc) is 1.96. The Hall–Kier alpha value is -1.18. The van der Waals surface area contributed by atoms with Crippen molar-refractivity contribution in [2.24, 2.45) is 0 Å². The van der Waals surface area contributed by atoms with Crippen molar-refractivity contribution in [3.8, 4) is 0 Å². The van der Waals surface area contributed by atoms with Crippen molar-refractivity contribution in [2.75, 3.05) is 0 Å². The highest BCUT2D eigenvalue weighted by atomic mass is 19.1. The number of carbonyl (C=O) groups excluding carboxylic acids is 1. The predicted molar refractivity (Wildman–Crippen MR) is 45.5 cm³/mol. The van der Waals surface area contributed by atoms with Crippen LogP contribution >= 0.6 is 0 Å². The summed E-state index contributed by atoms with van der Waals surface area (Å²) in [4.78, 5) is 10.7. The van der Waals surface area contributed by atoms with Crippen LogP contribution in [0.15, 0.2) is 18.2 Å². The second-order valence-corrected chi connectivity index (χ2v) is 2.97. The lowest BCUT2D eigenvalue weighted by Crippen LogP contribution is -1.99. The number of Topliss-reactive ketones (excluding diaryl/α,β-unsaturated/α-hetero) is 1. The topological polar surface area (TPSA) is 17.1 Å². The Labute approximate surface area is 71.2 Å². The van der Waals surface area contributed by atoms with Crippen LogP contribution < -0.4 is 0 Å². The normalized spacial score (nSPS) is 9.92. The van der Waals surface area contributed by atoms with Crippen LogP contribution in [0.2, 0.25) is 0 Å². The molecule has 12 heavy (non-hydrogen) atoms. The summed E-state index contributed by atoms with van der Waals surface area (Å²) in [5.74, 6) is -0.310. The first-order valence-electron chi connectivity index (χ1n) is 3.84. The Balaban J connectivity index is 2.97. The van der Waals surface area contributed by atoms with E-state index in [1.54, 1.807) is 12.1 Å². The minimum absolute atomic E-state index is 0.0144. The quantitative estimate of drug-likeness (QED) is 0.658. The summed E-state index contributed by atoms with van der Waals surface area (Å²) in [5, 5.41) is 0. The van der Waals surface area contributed by atoms with Gasteiger partial charge in [0.2, 0.25) is 0 Å². The number of hydrogen-bond acceptors (Lipinski definition) is 1. The maximum atomic E-state index is 13.0. The molecule has 0 bridgehead atoms. The predicted octanol–water partition coefficient (Wildman–Crippen LogP) is 2.27. The largest absolute Gasteiger partial charge is 0.300 e. The molecule has 1 aromatic rings. The van der Waals surface area contributed by atoms with Gasteiger partial charge in [0.05, 0.1) is 0 Å². The van der Waals surface area contributed by atoms with Gasteiger partial charge in [-0.2, -0.15) is 0 Å². The Morgan fingerprint density at radius 2 is 2.17 bits per heavy atom. The van der Waals surface area contributed by atoms with Crippen molar-refractivity contribution < 1.29 is 9.18 Å². The fourth-order valence-corrected chi connectivity index (χ4v) is 1.11. The zero-order chi connectivity index (χ0) is 9.14. The van der Waals surface area contributed by atoms with Gasteiger partial charge in [-0.05, 0) is 25.5 Å². The van der Waals surface area contributed by atoms with E-state index in [2.05, 4.69) is 0 Å². The minimum atomic E-state index is -0.296. The molecule has 0 saturated carbocycles. The van der Waals surface area contributed by atoms with Gasteiger partial charge in [-0.25, -0.2) is 4.39 Å². The van der Waals surface area contributed by atoms with Crippen molar-refractivity contribution in [1.29, 1.82) is 0 Å². The molecule has 0 N–H and O–H groups in total. The molecule has 0 unspecified atom stereocenters. The number of hydrogen-bond donors (Lipinski definition) is 0. The lowest BCUT2D eigenvalue weighted by atomic mass is 10.1. The number of ketones is 1. The van der Waals surface area contributed by atoms with E-state index in [1.165, 1.54) is 13.0 Å². The van der Waals surface area contributed by atoms with Crippen molar-refractivity contribution in [3.63, 3.8) is 0 Å². The van der Waals surface area contributed by atoms with E-state index in [-0.39, 0.29) is 18.0 Å². The van der Waals surface area contributed by atoms with Gasteiger partial charge in [0.1, 0.15) is 11.6 Å². The molecule has 1 rings (SSSR count).